The number of likely N-dealkylation sites (tertiary alicyclic amines) is 1. The number of rotatable bonds is 4. The number of ether oxygens (including phenoxy) is 1. The Hall–Kier alpha value is -0.570. The van der Waals surface area contributed by atoms with Gasteiger partial charge in [-0.05, 0) is 38.0 Å². The van der Waals surface area contributed by atoms with E-state index in [2.05, 4.69) is 20.5 Å². The molecule has 2 aliphatic rings. The largest absolute Gasteiger partial charge is 0.376 e. The molecule has 2 saturated heterocycles. The summed E-state index contributed by atoms with van der Waals surface area (Å²) in [7, 11) is 3.54. The van der Waals surface area contributed by atoms with Crippen LogP contribution in [-0.2, 0) is 9.53 Å². The maximum absolute atomic E-state index is 11.5. The normalized spacial score (nSPS) is 23.1. The second kappa shape index (κ2) is 11.1. The molecule has 2 heterocycles. The van der Waals surface area contributed by atoms with Crippen LogP contribution in [0.2, 0.25) is 0 Å². The van der Waals surface area contributed by atoms with Crippen molar-refractivity contribution in [3.05, 3.63) is 0 Å². The summed E-state index contributed by atoms with van der Waals surface area (Å²) >= 11 is 0. The molecule has 2 N–H and O–H groups in total. The van der Waals surface area contributed by atoms with Gasteiger partial charge in [0.25, 0.3) is 0 Å². The van der Waals surface area contributed by atoms with E-state index in [0.29, 0.717) is 18.4 Å². The Labute approximate surface area is 156 Å². The van der Waals surface area contributed by atoms with Crippen molar-refractivity contribution < 1.29 is 9.53 Å². The van der Waals surface area contributed by atoms with E-state index in [-0.39, 0.29) is 29.9 Å². The van der Waals surface area contributed by atoms with Crippen LogP contribution in [0.15, 0.2) is 4.99 Å². The molecule has 0 aromatic rings. The van der Waals surface area contributed by atoms with Gasteiger partial charge in [-0.25, -0.2) is 0 Å². The number of halogens is 1. The van der Waals surface area contributed by atoms with Gasteiger partial charge >= 0.3 is 0 Å². The molecular weight excluding hydrogens is 407 g/mol. The number of carbonyl (C=O) groups excluding carboxylic acids is 1. The van der Waals surface area contributed by atoms with Crippen LogP contribution in [-0.4, -0.2) is 63.2 Å². The van der Waals surface area contributed by atoms with E-state index >= 15 is 0 Å². The molecule has 2 aliphatic heterocycles. The zero-order valence-electron chi connectivity index (χ0n) is 14.3. The van der Waals surface area contributed by atoms with Crippen molar-refractivity contribution >= 4 is 35.8 Å². The molecule has 1 unspecified atom stereocenters. The second-order valence-corrected chi connectivity index (χ2v) is 6.22. The summed E-state index contributed by atoms with van der Waals surface area (Å²) in [6.45, 7) is 3.65. The SMILES string of the molecule is CN=C(NCC1CCCCO1)N1CCC(CC(=O)NC)CC1.I. The lowest BCUT2D eigenvalue weighted by Crippen LogP contribution is -2.48. The van der Waals surface area contributed by atoms with Crippen molar-refractivity contribution in [1.82, 2.24) is 15.5 Å². The highest BCUT2D eigenvalue weighted by Gasteiger charge is 2.23. The summed E-state index contributed by atoms with van der Waals surface area (Å²) in [6, 6.07) is 0. The smallest absolute Gasteiger partial charge is 0.220 e. The summed E-state index contributed by atoms with van der Waals surface area (Å²) in [5, 5.41) is 6.16. The third-order valence-electron chi connectivity index (χ3n) is 4.64. The fourth-order valence-electron chi connectivity index (χ4n) is 3.22. The fourth-order valence-corrected chi connectivity index (χ4v) is 3.22. The number of nitrogens with one attached hydrogen (secondary N) is 2. The zero-order valence-corrected chi connectivity index (χ0v) is 16.7. The molecule has 0 bridgehead atoms. The first-order valence-electron chi connectivity index (χ1n) is 8.50. The van der Waals surface area contributed by atoms with Crippen LogP contribution in [0.25, 0.3) is 0 Å². The molecule has 2 fully saturated rings. The number of guanidine groups is 1. The first-order chi connectivity index (χ1) is 10.7. The minimum absolute atomic E-state index is 0. The molecular formula is C16H31IN4O2. The second-order valence-electron chi connectivity index (χ2n) is 6.22. The van der Waals surface area contributed by atoms with Crippen LogP contribution in [0.5, 0.6) is 0 Å². The molecule has 0 radical (unpaired) electrons. The third-order valence-corrected chi connectivity index (χ3v) is 4.64. The van der Waals surface area contributed by atoms with Crippen LogP contribution in [0.4, 0.5) is 0 Å². The number of amides is 1. The van der Waals surface area contributed by atoms with Crippen molar-refractivity contribution in [3.8, 4) is 0 Å². The maximum atomic E-state index is 11.5. The molecule has 0 saturated carbocycles. The van der Waals surface area contributed by atoms with Crippen LogP contribution >= 0.6 is 24.0 Å². The van der Waals surface area contributed by atoms with E-state index in [4.69, 9.17) is 4.74 Å². The van der Waals surface area contributed by atoms with Gasteiger partial charge in [0.15, 0.2) is 5.96 Å². The Balaban J connectivity index is 0.00000264. The molecule has 6 nitrogen and oxygen atoms in total. The summed E-state index contributed by atoms with van der Waals surface area (Å²) in [5.41, 5.74) is 0. The molecule has 23 heavy (non-hydrogen) atoms. The van der Waals surface area contributed by atoms with Gasteiger partial charge in [-0.1, -0.05) is 0 Å². The number of piperidine rings is 1. The average molecular weight is 438 g/mol. The Kier molecular flexibility index (Phi) is 9.85. The highest BCUT2D eigenvalue weighted by atomic mass is 127. The first-order valence-corrected chi connectivity index (χ1v) is 8.50. The van der Waals surface area contributed by atoms with Gasteiger partial charge in [0.2, 0.25) is 5.91 Å². The number of hydrogen-bond donors (Lipinski definition) is 2. The Morgan fingerprint density at radius 1 is 1.26 bits per heavy atom. The van der Waals surface area contributed by atoms with Gasteiger partial charge in [0.05, 0.1) is 6.10 Å². The highest BCUT2D eigenvalue weighted by Crippen LogP contribution is 2.20. The van der Waals surface area contributed by atoms with Gasteiger partial charge < -0.3 is 20.3 Å². The molecule has 0 aromatic heterocycles. The number of carbonyl (C=O) groups is 1. The average Bonchev–Trinajstić information content (AvgIpc) is 2.57. The Morgan fingerprint density at radius 2 is 2.00 bits per heavy atom. The van der Waals surface area contributed by atoms with Gasteiger partial charge in [-0.3, -0.25) is 9.79 Å². The summed E-state index contributed by atoms with van der Waals surface area (Å²) in [4.78, 5) is 18.1. The molecule has 0 aromatic carbocycles. The first kappa shape index (κ1) is 20.5. The minimum Gasteiger partial charge on any atom is -0.376 e. The van der Waals surface area contributed by atoms with E-state index in [1.165, 1.54) is 12.8 Å². The lowest BCUT2D eigenvalue weighted by atomic mass is 9.93. The van der Waals surface area contributed by atoms with Crippen LogP contribution in [0, 0.1) is 5.92 Å². The third kappa shape index (κ3) is 6.82. The summed E-state index contributed by atoms with van der Waals surface area (Å²) < 4.78 is 5.75. The lowest BCUT2D eigenvalue weighted by Gasteiger charge is -2.34. The standard InChI is InChI=1S/C16H30N4O2.HI/c1-17-15(21)11-13-6-8-20(9-7-13)16(18-2)19-12-14-5-3-4-10-22-14;/h13-14H,3-12H2,1-2H3,(H,17,21)(H,18,19);1H. The quantitative estimate of drug-likeness (QED) is 0.398. The van der Waals surface area contributed by atoms with Crippen molar-refractivity contribution in [2.24, 2.45) is 10.9 Å². The number of aliphatic imine (C=N–C) groups is 1. The van der Waals surface area contributed by atoms with Gasteiger partial charge in [-0.2, -0.15) is 0 Å². The van der Waals surface area contributed by atoms with E-state index in [9.17, 15) is 4.79 Å². The molecule has 7 heteroatoms. The molecule has 2 rings (SSSR count). The monoisotopic (exact) mass is 438 g/mol. The fraction of sp³-hybridized carbons (Fsp3) is 0.875. The van der Waals surface area contributed by atoms with Crippen molar-refractivity contribution in [2.75, 3.05) is 40.3 Å². The van der Waals surface area contributed by atoms with Crippen molar-refractivity contribution in [3.63, 3.8) is 0 Å². The molecule has 0 aliphatic carbocycles. The number of hydrogen-bond acceptors (Lipinski definition) is 3. The predicted octanol–water partition coefficient (Wildman–Crippen LogP) is 1.60. The van der Waals surface area contributed by atoms with Gasteiger partial charge in [0, 0.05) is 46.8 Å². The van der Waals surface area contributed by atoms with E-state index in [1.807, 2.05) is 7.05 Å². The summed E-state index contributed by atoms with van der Waals surface area (Å²) in [6.07, 6.45) is 6.64. The van der Waals surface area contributed by atoms with Crippen LogP contribution < -0.4 is 10.6 Å². The van der Waals surface area contributed by atoms with Gasteiger partial charge in [-0.15, -0.1) is 24.0 Å². The van der Waals surface area contributed by atoms with Crippen molar-refractivity contribution in [1.29, 1.82) is 0 Å². The van der Waals surface area contributed by atoms with Gasteiger partial charge in [0.1, 0.15) is 0 Å². The topological polar surface area (TPSA) is 66.0 Å². The summed E-state index contributed by atoms with van der Waals surface area (Å²) in [5.74, 6) is 1.61. The number of nitrogens with zero attached hydrogens (tertiary/aromatic N) is 2. The van der Waals surface area contributed by atoms with Crippen LogP contribution in [0.3, 0.4) is 0 Å². The molecule has 1 atom stereocenters. The molecule has 0 spiro atoms. The Morgan fingerprint density at radius 3 is 2.57 bits per heavy atom. The predicted molar refractivity (Wildman–Crippen MR) is 103 cm³/mol. The van der Waals surface area contributed by atoms with E-state index < -0.39 is 0 Å². The highest BCUT2D eigenvalue weighted by molar-refractivity contribution is 14.0. The molecule has 134 valence electrons. The van der Waals surface area contributed by atoms with Crippen molar-refractivity contribution in [2.45, 2.75) is 44.6 Å². The van der Waals surface area contributed by atoms with Crippen LogP contribution in [0.1, 0.15) is 38.5 Å². The minimum atomic E-state index is 0. The Bertz CT molecular complexity index is 378. The maximum Gasteiger partial charge on any atom is 0.220 e. The lowest BCUT2D eigenvalue weighted by molar-refractivity contribution is -0.121. The van der Waals surface area contributed by atoms with E-state index in [1.54, 1.807) is 7.05 Å². The molecule has 1 amide bonds. The zero-order chi connectivity index (χ0) is 15.8. The van der Waals surface area contributed by atoms with E-state index in [0.717, 1.165) is 51.5 Å².